The third kappa shape index (κ3) is 3.84. The van der Waals surface area contributed by atoms with Gasteiger partial charge in [-0.2, -0.15) is 4.39 Å². The van der Waals surface area contributed by atoms with Crippen LogP contribution in [0.25, 0.3) is 0 Å². The van der Waals surface area contributed by atoms with Gasteiger partial charge in [0.05, 0.1) is 9.85 Å². The molecule has 0 saturated carbocycles. The molecule has 2 aromatic rings. The van der Waals surface area contributed by atoms with Crippen molar-refractivity contribution in [2.45, 2.75) is 0 Å². The number of hydrogen-bond acceptors (Lipinski definition) is 6. The Balaban J connectivity index is 1.66. The summed E-state index contributed by atoms with van der Waals surface area (Å²) in [6.07, 6.45) is 0. The molecule has 27 heavy (non-hydrogen) atoms. The summed E-state index contributed by atoms with van der Waals surface area (Å²) in [6.45, 7) is 1.77. The number of piperazine rings is 1. The van der Waals surface area contributed by atoms with Crippen molar-refractivity contribution in [1.82, 2.24) is 4.90 Å². The molecule has 3 rings (SSSR count). The Morgan fingerprint density at radius 2 is 1.56 bits per heavy atom. The molecule has 0 aromatic heterocycles. The maximum Gasteiger partial charge on any atom is 0.305 e. The van der Waals surface area contributed by atoms with Crippen molar-refractivity contribution >= 4 is 23.0 Å². The summed E-state index contributed by atoms with van der Waals surface area (Å²) in [5.41, 5.74) is 0.146. The first kappa shape index (κ1) is 18.2. The second-order valence-electron chi connectivity index (χ2n) is 5.98. The molecule has 1 heterocycles. The van der Waals surface area contributed by atoms with Crippen LogP contribution in [0.15, 0.2) is 42.5 Å². The van der Waals surface area contributed by atoms with Crippen LogP contribution in [-0.4, -0.2) is 46.8 Å². The standard InChI is InChI=1S/C17H15FN4O5/c18-15-6-1-12(11-16(15)22(26)27)17(23)20-9-7-19(8-10-20)13-2-4-14(5-3-13)21(24)25/h1-6,11H,7-10H2. The number of nitro benzene ring substituents is 2. The van der Waals surface area contributed by atoms with Gasteiger partial charge in [-0.1, -0.05) is 0 Å². The lowest BCUT2D eigenvalue weighted by Crippen LogP contribution is -2.48. The van der Waals surface area contributed by atoms with Crippen LogP contribution in [0.3, 0.4) is 0 Å². The van der Waals surface area contributed by atoms with E-state index >= 15 is 0 Å². The highest BCUT2D eigenvalue weighted by molar-refractivity contribution is 5.95. The van der Waals surface area contributed by atoms with Gasteiger partial charge in [-0.15, -0.1) is 0 Å². The molecule has 0 N–H and O–H groups in total. The highest BCUT2D eigenvalue weighted by Gasteiger charge is 2.25. The number of anilines is 1. The highest BCUT2D eigenvalue weighted by Crippen LogP contribution is 2.23. The molecule has 0 radical (unpaired) electrons. The Morgan fingerprint density at radius 3 is 2.11 bits per heavy atom. The number of benzene rings is 2. The molecule has 140 valence electrons. The number of hydrogen-bond donors (Lipinski definition) is 0. The lowest BCUT2D eigenvalue weighted by atomic mass is 10.1. The van der Waals surface area contributed by atoms with Crippen LogP contribution in [-0.2, 0) is 0 Å². The summed E-state index contributed by atoms with van der Waals surface area (Å²) < 4.78 is 13.4. The predicted octanol–water partition coefficient (Wildman–Crippen LogP) is 2.60. The number of non-ortho nitro benzene ring substituents is 1. The second-order valence-corrected chi connectivity index (χ2v) is 5.98. The Hall–Kier alpha value is -3.56. The largest absolute Gasteiger partial charge is 0.368 e. The summed E-state index contributed by atoms with van der Waals surface area (Å²) >= 11 is 0. The number of amides is 1. The molecule has 0 unspecified atom stereocenters. The first-order valence-electron chi connectivity index (χ1n) is 8.09. The van der Waals surface area contributed by atoms with Gasteiger partial charge >= 0.3 is 5.69 Å². The summed E-state index contributed by atoms with van der Waals surface area (Å²) in [5.74, 6) is -1.39. The molecule has 1 aliphatic heterocycles. The number of rotatable bonds is 4. The van der Waals surface area contributed by atoms with E-state index < -0.39 is 27.3 Å². The van der Waals surface area contributed by atoms with Crippen molar-refractivity contribution in [3.05, 3.63) is 74.1 Å². The van der Waals surface area contributed by atoms with Crippen LogP contribution in [0.4, 0.5) is 21.5 Å². The van der Waals surface area contributed by atoms with Crippen LogP contribution in [0.1, 0.15) is 10.4 Å². The van der Waals surface area contributed by atoms with E-state index in [0.29, 0.717) is 26.2 Å². The molecule has 1 fully saturated rings. The lowest BCUT2D eigenvalue weighted by Gasteiger charge is -2.36. The van der Waals surface area contributed by atoms with Gasteiger partial charge < -0.3 is 9.80 Å². The molecule has 1 saturated heterocycles. The number of carbonyl (C=O) groups excluding carboxylic acids is 1. The van der Waals surface area contributed by atoms with Crippen LogP contribution < -0.4 is 4.90 Å². The Bertz CT molecular complexity index is 895. The Kier molecular flexibility index (Phi) is 4.97. The third-order valence-corrected chi connectivity index (χ3v) is 4.38. The van der Waals surface area contributed by atoms with Crippen LogP contribution in [0.5, 0.6) is 0 Å². The lowest BCUT2D eigenvalue weighted by molar-refractivity contribution is -0.387. The molecular formula is C17H15FN4O5. The van der Waals surface area contributed by atoms with Crippen molar-refractivity contribution < 1.29 is 19.0 Å². The van der Waals surface area contributed by atoms with Crippen molar-refractivity contribution in [1.29, 1.82) is 0 Å². The van der Waals surface area contributed by atoms with Crippen molar-refractivity contribution in [3.8, 4) is 0 Å². The van der Waals surface area contributed by atoms with Crippen LogP contribution in [0, 0.1) is 26.0 Å². The molecule has 1 aliphatic rings. The fraction of sp³-hybridized carbons (Fsp3) is 0.235. The SMILES string of the molecule is O=C(c1ccc(F)c([N+](=O)[O-])c1)N1CCN(c2ccc([N+](=O)[O-])cc2)CC1. The molecular weight excluding hydrogens is 359 g/mol. The highest BCUT2D eigenvalue weighted by atomic mass is 19.1. The van der Waals surface area contributed by atoms with E-state index in [9.17, 15) is 29.4 Å². The first-order chi connectivity index (χ1) is 12.9. The molecule has 9 nitrogen and oxygen atoms in total. The van der Waals surface area contributed by atoms with E-state index in [2.05, 4.69) is 0 Å². The Labute approximate surface area is 152 Å². The van der Waals surface area contributed by atoms with Crippen molar-refractivity contribution in [3.63, 3.8) is 0 Å². The summed E-state index contributed by atoms with van der Waals surface area (Å²) in [7, 11) is 0. The molecule has 0 spiro atoms. The molecule has 0 bridgehead atoms. The van der Waals surface area contributed by atoms with Gasteiger partial charge in [0, 0.05) is 55.6 Å². The van der Waals surface area contributed by atoms with Crippen molar-refractivity contribution in [2.24, 2.45) is 0 Å². The van der Waals surface area contributed by atoms with Crippen molar-refractivity contribution in [2.75, 3.05) is 31.1 Å². The smallest absolute Gasteiger partial charge is 0.305 e. The average molecular weight is 374 g/mol. The predicted molar refractivity (Wildman–Crippen MR) is 94.3 cm³/mol. The zero-order valence-electron chi connectivity index (χ0n) is 14.1. The molecule has 10 heteroatoms. The molecule has 2 aromatic carbocycles. The van der Waals surface area contributed by atoms with Gasteiger partial charge in [-0.25, -0.2) is 0 Å². The van der Waals surface area contributed by atoms with E-state index in [-0.39, 0.29) is 11.3 Å². The third-order valence-electron chi connectivity index (χ3n) is 4.38. The number of carbonyl (C=O) groups is 1. The number of halogens is 1. The first-order valence-corrected chi connectivity index (χ1v) is 8.09. The maximum atomic E-state index is 13.4. The fourth-order valence-corrected chi connectivity index (χ4v) is 2.92. The Morgan fingerprint density at radius 1 is 0.926 bits per heavy atom. The molecule has 0 aliphatic carbocycles. The minimum Gasteiger partial charge on any atom is -0.368 e. The molecule has 0 atom stereocenters. The summed E-state index contributed by atoms with van der Waals surface area (Å²) in [4.78, 5) is 36.3. The normalized spacial score (nSPS) is 14.1. The zero-order chi connectivity index (χ0) is 19.6. The van der Waals surface area contributed by atoms with Gasteiger partial charge in [0.1, 0.15) is 0 Å². The zero-order valence-corrected chi connectivity index (χ0v) is 14.1. The minimum atomic E-state index is -0.987. The summed E-state index contributed by atoms with van der Waals surface area (Å²) in [6, 6.07) is 9.24. The van der Waals surface area contributed by atoms with Gasteiger partial charge in [-0.3, -0.25) is 25.0 Å². The monoisotopic (exact) mass is 374 g/mol. The number of nitrogens with zero attached hydrogens (tertiary/aromatic N) is 4. The van der Waals surface area contributed by atoms with E-state index in [4.69, 9.17) is 0 Å². The molecule has 1 amide bonds. The second kappa shape index (κ2) is 7.36. The quantitative estimate of drug-likeness (QED) is 0.601. The minimum absolute atomic E-state index is 0.00506. The average Bonchev–Trinajstić information content (AvgIpc) is 2.68. The fourth-order valence-electron chi connectivity index (χ4n) is 2.92. The van der Waals surface area contributed by atoms with E-state index in [1.165, 1.54) is 18.2 Å². The van der Waals surface area contributed by atoms with E-state index in [1.54, 1.807) is 17.0 Å². The topological polar surface area (TPSA) is 110 Å². The maximum absolute atomic E-state index is 13.4. The van der Waals surface area contributed by atoms with Gasteiger partial charge in [0.15, 0.2) is 0 Å². The van der Waals surface area contributed by atoms with Gasteiger partial charge in [-0.05, 0) is 24.3 Å². The van der Waals surface area contributed by atoms with E-state index in [0.717, 1.165) is 17.8 Å². The van der Waals surface area contributed by atoms with Gasteiger partial charge in [0.25, 0.3) is 11.6 Å². The van der Waals surface area contributed by atoms with Crippen LogP contribution >= 0.6 is 0 Å². The van der Waals surface area contributed by atoms with Gasteiger partial charge in [0.2, 0.25) is 5.82 Å². The van der Waals surface area contributed by atoms with Crippen LogP contribution in [0.2, 0.25) is 0 Å². The number of nitro groups is 2. The van der Waals surface area contributed by atoms with E-state index in [1.807, 2.05) is 4.90 Å². The summed E-state index contributed by atoms with van der Waals surface area (Å²) in [5, 5.41) is 21.5.